The molecular weight excluding hydrogens is 262 g/mol. The van der Waals surface area contributed by atoms with Gasteiger partial charge in [-0.15, -0.1) is 10.2 Å². The van der Waals surface area contributed by atoms with Gasteiger partial charge in [0.05, 0.1) is 13.5 Å². The minimum absolute atomic E-state index is 0.0622. The summed E-state index contributed by atoms with van der Waals surface area (Å²) in [7, 11) is 1.44. The van der Waals surface area contributed by atoms with Crippen molar-refractivity contribution in [1.82, 2.24) is 20.3 Å². The van der Waals surface area contributed by atoms with E-state index in [-0.39, 0.29) is 17.4 Å². The molecule has 0 aliphatic rings. The maximum absolute atomic E-state index is 12.1. The Kier molecular flexibility index (Phi) is 3.74. The topological polar surface area (TPSA) is 91.0 Å². The smallest absolute Gasteiger partial charge is 0.296 e. The number of rotatable bonds is 5. The predicted octanol–water partition coefficient (Wildman–Crippen LogP) is 0.912. The largest absolute Gasteiger partial charge is 0.480 e. The number of aromatic nitrogens is 4. The van der Waals surface area contributed by atoms with Gasteiger partial charge in [0.15, 0.2) is 0 Å². The third-order valence-corrected chi connectivity index (χ3v) is 2.12. The number of alkyl halides is 2. The van der Waals surface area contributed by atoms with Gasteiger partial charge in [0.2, 0.25) is 23.4 Å². The third kappa shape index (κ3) is 3.06. The minimum atomic E-state index is -3.06. The van der Waals surface area contributed by atoms with Crippen LogP contribution in [0.15, 0.2) is 16.7 Å². The summed E-state index contributed by atoms with van der Waals surface area (Å²) in [4.78, 5) is 14.6. The molecule has 2 rings (SSSR count). The molecular formula is C10H8F2N4O3. The van der Waals surface area contributed by atoms with E-state index in [0.29, 0.717) is 5.88 Å². The lowest BCUT2D eigenvalue weighted by Crippen LogP contribution is -2.12. The van der Waals surface area contributed by atoms with E-state index in [4.69, 9.17) is 4.74 Å². The third-order valence-electron chi connectivity index (χ3n) is 2.12. The number of methoxy groups -OCH3 is 1. The Morgan fingerprint density at radius 1 is 1.42 bits per heavy atom. The number of carbonyl (C=O) groups is 1. The maximum Gasteiger partial charge on any atom is 0.296 e. The SMILES string of the molecule is COc1ccc(-c2noc(CC(=O)C(F)F)n2)nn1. The molecule has 0 N–H and O–H groups in total. The lowest BCUT2D eigenvalue weighted by molar-refractivity contribution is -0.129. The van der Waals surface area contributed by atoms with Crippen LogP contribution in [0.3, 0.4) is 0 Å². The first-order valence-electron chi connectivity index (χ1n) is 5.11. The molecule has 0 spiro atoms. The molecule has 2 aromatic rings. The molecule has 0 amide bonds. The number of ether oxygens (including phenoxy) is 1. The molecule has 0 aromatic carbocycles. The first-order chi connectivity index (χ1) is 9.10. The fourth-order valence-electron chi connectivity index (χ4n) is 1.21. The van der Waals surface area contributed by atoms with Crippen LogP contribution < -0.4 is 4.74 Å². The number of halogens is 2. The van der Waals surface area contributed by atoms with Crippen molar-refractivity contribution in [2.24, 2.45) is 0 Å². The van der Waals surface area contributed by atoms with Crippen molar-refractivity contribution < 1.29 is 22.8 Å². The van der Waals surface area contributed by atoms with Gasteiger partial charge in [0.1, 0.15) is 5.69 Å². The van der Waals surface area contributed by atoms with Gasteiger partial charge in [-0.2, -0.15) is 4.98 Å². The van der Waals surface area contributed by atoms with Gasteiger partial charge in [0, 0.05) is 6.07 Å². The highest BCUT2D eigenvalue weighted by Gasteiger charge is 2.20. The molecule has 0 bridgehead atoms. The summed E-state index contributed by atoms with van der Waals surface area (Å²) < 4.78 is 33.6. The zero-order valence-corrected chi connectivity index (χ0v) is 9.71. The van der Waals surface area contributed by atoms with Gasteiger partial charge >= 0.3 is 0 Å². The zero-order chi connectivity index (χ0) is 13.8. The molecule has 2 aromatic heterocycles. The van der Waals surface area contributed by atoms with E-state index in [0.717, 1.165) is 0 Å². The summed E-state index contributed by atoms with van der Waals surface area (Å²) in [5.74, 6) is -1.11. The summed E-state index contributed by atoms with van der Waals surface area (Å²) >= 11 is 0. The van der Waals surface area contributed by atoms with Crippen molar-refractivity contribution in [3.63, 3.8) is 0 Å². The van der Waals surface area contributed by atoms with Crippen LogP contribution in [0.5, 0.6) is 5.88 Å². The lowest BCUT2D eigenvalue weighted by Gasteiger charge is -1.96. The Morgan fingerprint density at radius 2 is 2.21 bits per heavy atom. The second kappa shape index (κ2) is 5.46. The molecule has 0 saturated carbocycles. The van der Waals surface area contributed by atoms with E-state index in [1.165, 1.54) is 19.2 Å². The molecule has 0 aliphatic heterocycles. The number of Topliss-reactive ketones (excluding diaryl/α,β-unsaturated/α-hetero) is 1. The van der Waals surface area contributed by atoms with E-state index < -0.39 is 18.6 Å². The first-order valence-corrected chi connectivity index (χ1v) is 5.11. The van der Waals surface area contributed by atoms with Crippen molar-refractivity contribution in [2.75, 3.05) is 7.11 Å². The fraction of sp³-hybridized carbons (Fsp3) is 0.300. The second-order valence-electron chi connectivity index (χ2n) is 3.42. The van der Waals surface area contributed by atoms with Gasteiger partial charge in [0.25, 0.3) is 6.43 Å². The number of hydrogen-bond acceptors (Lipinski definition) is 7. The highest BCUT2D eigenvalue weighted by Crippen LogP contribution is 2.15. The summed E-state index contributed by atoms with van der Waals surface area (Å²) in [6.45, 7) is 0. The van der Waals surface area contributed by atoms with Gasteiger partial charge in [-0.1, -0.05) is 5.16 Å². The predicted molar refractivity (Wildman–Crippen MR) is 56.6 cm³/mol. The van der Waals surface area contributed by atoms with Gasteiger partial charge in [-0.3, -0.25) is 4.79 Å². The van der Waals surface area contributed by atoms with E-state index in [2.05, 4.69) is 24.9 Å². The second-order valence-corrected chi connectivity index (χ2v) is 3.42. The van der Waals surface area contributed by atoms with Gasteiger partial charge in [-0.05, 0) is 6.07 Å². The standard InChI is InChI=1S/C10H8F2N4O3/c1-18-7-3-2-5(14-15-7)10-13-8(19-16-10)4-6(17)9(11)12/h2-3,9H,4H2,1H3. The molecule has 19 heavy (non-hydrogen) atoms. The monoisotopic (exact) mass is 270 g/mol. The number of nitrogens with zero attached hydrogens (tertiary/aromatic N) is 4. The van der Waals surface area contributed by atoms with Crippen LogP contribution in [0.4, 0.5) is 8.78 Å². The molecule has 0 atom stereocenters. The van der Waals surface area contributed by atoms with Crippen molar-refractivity contribution in [3.8, 4) is 17.4 Å². The van der Waals surface area contributed by atoms with Gasteiger partial charge in [-0.25, -0.2) is 8.78 Å². The minimum Gasteiger partial charge on any atom is -0.480 e. The molecule has 0 saturated heterocycles. The molecule has 100 valence electrons. The van der Waals surface area contributed by atoms with E-state index >= 15 is 0 Å². The molecule has 0 fully saturated rings. The highest BCUT2D eigenvalue weighted by atomic mass is 19.3. The van der Waals surface area contributed by atoms with Gasteiger partial charge < -0.3 is 9.26 Å². The van der Waals surface area contributed by atoms with E-state index in [1.807, 2.05) is 0 Å². The van der Waals surface area contributed by atoms with Crippen molar-refractivity contribution in [1.29, 1.82) is 0 Å². The Labute approximate surface area is 105 Å². The van der Waals surface area contributed by atoms with Crippen LogP contribution in [0.2, 0.25) is 0 Å². The Hall–Kier alpha value is -2.45. The van der Waals surface area contributed by atoms with Crippen molar-refractivity contribution in [3.05, 3.63) is 18.0 Å². The number of ketones is 1. The summed E-state index contributed by atoms with van der Waals surface area (Å²) in [5, 5.41) is 11.0. The molecule has 2 heterocycles. The first kappa shape index (κ1) is 13.0. The number of hydrogen-bond donors (Lipinski definition) is 0. The van der Waals surface area contributed by atoms with Crippen LogP contribution >= 0.6 is 0 Å². The van der Waals surface area contributed by atoms with Crippen LogP contribution in [-0.4, -0.2) is 39.7 Å². The molecule has 0 unspecified atom stereocenters. The average Bonchev–Trinajstić information content (AvgIpc) is 2.87. The average molecular weight is 270 g/mol. The maximum atomic E-state index is 12.1. The van der Waals surface area contributed by atoms with Crippen LogP contribution in [0, 0.1) is 0 Å². The summed E-state index contributed by atoms with van der Waals surface area (Å²) in [6.07, 6.45) is -3.68. The molecule has 0 radical (unpaired) electrons. The van der Waals surface area contributed by atoms with Crippen LogP contribution in [0.25, 0.3) is 11.5 Å². The quantitative estimate of drug-likeness (QED) is 0.797. The van der Waals surface area contributed by atoms with Crippen molar-refractivity contribution in [2.45, 2.75) is 12.8 Å². The normalized spacial score (nSPS) is 10.7. The molecule has 0 aliphatic carbocycles. The number of carbonyl (C=O) groups excluding carboxylic acids is 1. The molecule has 9 heteroatoms. The molecule has 7 nitrogen and oxygen atoms in total. The van der Waals surface area contributed by atoms with Crippen LogP contribution in [0.1, 0.15) is 5.89 Å². The summed E-state index contributed by atoms with van der Waals surface area (Å²) in [5.41, 5.74) is 0.278. The lowest BCUT2D eigenvalue weighted by atomic mass is 10.3. The Balaban J connectivity index is 2.13. The summed E-state index contributed by atoms with van der Waals surface area (Å²) in [6, 6.07) is 3.05. The van der Waals surface area contributed by atoms with Crippen LogP contribution in [-0.2, 0) is 11.2 Å². The van der Waals surface area contributed by atoms with E-state index in [9.17, 15) is 13.6 Å². The zero-order valence-electron chi connectivity index (χ0n) is 9.71. The fourth-order valence-corrected chi connectivity index (χ4v) is 1.21. The highest BCUT2D eigenvalue weighted by molar-refractivity contribution is 5.82. The Bertz CT molecular complexity index is 570. The van der Waals surface area contributed by atoms with Crippen molar-refractivity contribution >= 4 is 5.78 Å². The Morgan fingerprint density at radius 3 is 2.79 bits per heavy atom. The van der Waals surface area contributed by atoms with E-state index in [1.54, 1.807) is 0 Å².